The molecule has 0 bridgehead atoms. The fraction of sp³-hybridized carbons (Fsp3) is 0.900. The van der Waals surface area contributed by atoms with Crippen LogP contribution in [-0.2, 0) is 4.74 Å². The minimum absolute atomic E-state index is 0.0788. The quantitative estimate of drug-likeness (QED) is 0.591. The van der Waals surface area contributed by atoms with Gasteiger partial charge in [-0.05, 0) is 33.6 Å². The number of alkyl carbamates (subject to hydrolysis) is 1. The van der Waals surface area contributed by atoms with Crippen molar-refractivity contribution in [1.82, 2.24) is 5.32 Å². The number of hydrogen-bond acceptors (Lipinski definition) is 4. The van der Waals surface area contributed by atoms with E-state index in [0.717, 1.165) is 0 Å². The Morgan fingerprint density at radius 2 is 2.07 bits per heavy atom. The zero-order chi connectivity index (χ0) is 11.6. The molecule has 0 spiro atoms. The summed E-state index contributed by atoms with van der Waals surface area (Å²) >= 11 is 0. The average Bonchev–Trinajstić information content (AvgIpc) is 2.26. The second-order valence-electron chi connectivity index (χ2n) is 5.05. The number of rotatable bonds is 1. The highest BCUT2D eigenvalue weighted by Crippen LogP contribution is 2.18. The Morgan fingerprint density at radius 3 is 2.47 bits per heavy atom. The van der Waals surface area contributed by atoms with Crippen molar-refractivity contribution < 1.29 is 14.6 Å². The SMILES string of the molecule is CC(C)(C)OC(=O)N[C@H]1CC(O)[C@H](N)C1. The summed E-state index contributed by atoms with van der Waals surface area (Å²) in [6.07, 6.45) is 0.125. The lowest BCUT2D eigenvalue weighted by Gasteiger charge is -2.21. The Morgan fingerprint density at radius 1 is 1.47 bits per heavy atom. The van der Waals surface area contributed by atoms with Crippen LogP contribution in [0.2, 0.25) is 0 Å². The third-order valence-corrected chi connectivity index (χ3v) is 2.30. The first kappa shape index (κ1) is 12.3. The molecule has 4 N–H and O–H groups in total. The van der Waals surface area contributed by atoms with Crippen molar-refractivity contribution in [2.75, 3.05) is 0 Å². The fourth-order valence-electron chi connectivity index (χ4n) is 1.64. The summed E-state index contributed by atoms with van der Waals surface area (Å²) in [5, 5.41) is 12.1. The number of nitrogens with one attached hydrogen (secondary N) is 1. The van der Waals surface area contributed by atoms with E-state index in [4.69, 9.17) is 10.5 Å². The van der Waals surface area contributed by atoms with Crippen LogP contribution in [0, 0.1) is 0 Å². The highest BCUT2D eigenvalue weighted by molar-refractivity contribution is 5.68. The maximum absolute atomic E-state index is 11.4. The third kappa shape index (κ3) is 4.05. The number of amides is 1. The van der Waals surface area contributed by atoms with E-state index in [9.17, 15) is 9.90 Å². The molecular weight excluding hydrogens is 196 g/mol. The maximum Gasteiger partial charge on any atom is 0.407 e. The van der Waals surface area contributed by atoms with Gasteiger partial charge in [-0.25, -0.2) is 4.79 Å². The molecule has 88 valence electrons. The van der Waals surface area contributed by atoms with Crippen molar-refractivity contribution in [1.29, 1.82) is 0 Å². The van der Waals surface area contributed by atoms with Gasteiger partial charge in [0.15, 0.2) is 0 Å². The topological polar surface area (TPSA) is 84.6 Å². The maximum atomic E-state index is 11.4. The van der Waals surface area contributed by atoms with Crippen LogP contribution in [0.25, 0.3) is 0 Å². The van der Waals surface area contributed by atoms with Gasteiger partial charge in [-0.1, -0.05) is 0 Å². The Bertz CT molecular complexity index is 227. The van der Waals surface area contributed by atoms with Crippen LogP contribution in [-0.4, -0.2) is 35.0 Å². The second-order valence-corrected chi connectivity index (χ2v) is 5.05. The standard InChI is InChI=1S/C10H20N2O3/c1-10(2,3)15-9(14)12-6-4-7(11)8(13)5-6/h6-8,13H,4-5,11H2,1-3H3,(H,12,14)/t6-,7-,8?/m1/s1. The van der Waals surface area contributed by atoms with Gasteiger partial charge in [-0.3, -0.25) is 0 Å². The summed E-state index contributed by atoms with van der Waals surface area (Å²) < 4.78 is 5.10. The first-order valence-corrected chi connectivity index (χ1v) is 5.21. The van der Waals surface area contributed by atoms with E-state index < -0.39 is 17.8 Å². The Labute approximate surface area is 90.0 Å². The number of hydrogen-bond donors (Lipinski definition) is 3. The number of aliphatic hydroxyl groups excluding tert-OH is 1. The summed E-state index contributed by atoms with van der Waals surface area (Å²) in [4.78, 5) is 11.4. The van der Waals surface area contributed by atoms with Gasteiger partial charge in [-0.15, -0.1) is 0 Å². The van der Waals surface area contributed by atoms with Gasteiger partial charge in [0.1, 0.15) is 5.60 Å². The molecule has 1 rings (SSSR count). The van der Waals surface area contributed by atoms with Crippen molar-refractivity contribution in [3.05, 3.63) is 0 Å². The molecule has 1 amide bonds. The lowest BCUT2D eigenvalue weighted by molar-refractivity contribution is 0.0502. The van der Waals surface area contributed by atoms with E-state index in [1.165, 1.54) is 0 Å². The van der Waals surface area contributed by atoms with Gasteiger partial charge < -0.3 is 20.9 Å². The van der Waals surface area contributed by atoms with Crippen LogP contribution < -0.4 is 11.1 Å². The molecule has 15 heavy (non-hydrogen) atoms. The lowest BCUT2D eigenvalue weighted by atomic mass is 10.2. The summed E-state index contributed by atoms with van der Waals surface area (Å²) in [5.41, 5.74) is 5.13. The zero-order valence-electron chi connectivity index (χ0n) is 9.49. The van der Waals surface area contributed by atoms with Gasteiger partial charge in [0.25, 0.3) is 0 Å². The van der Waals surface area contributed by atoms with Crippen LogP contribution in [0.4, 0.5) is 4.79 Å². The van der Waals surface area contributed by atoms with E-state index in [1.807, 2.05) is 20.8 Å². The molecule has 0 aromatic rings. The van der Waals surface area contributed by atoms with Crippen molar-refractivity contribution in [3.8, 4) is 0 Å². The van der Waals surface area contributed by atoms with Gasteiger partial charge in [0.2, 0.25) is 0 Å². The molecule has 0 saturated heterocycles. The molecule has 1 fully saturated rings. The largest absolute Gasteiger partial charge is 0.444 e. The highest BCUT2D eigenvalue weighted by atomic mass is 16.6. The molecule has 1 saturated carbocycles. The van der Waals surface area contributed by atoms with E-state index in [2.05, 4.69) is 5.32 Å². The van der Waals surface area contributed by atoms with Crippen LogP contribution in [0.5, 0.6) is 0 Å². The van der Waals surface area contributed by atoms with Crippen LogP contribution in [0.15, 0.2) is 0 Å². The summed E-state index contributed by atoms with van der Waals surface area (Å²) in [6, 6.07) is -0.324. The molecule has 5 heteroatoms. The molecule has 1 unspecified atom stereocenters. The summed E-state index contributed by atoms with van der Waals surface area (Å²) in [6.45, 7) is 5.42. The molecule has 0 heterocycles. The predicted molar refractivity (Wildman–Crippen MR) is 56.4 cm³/mol. The fourth-order valence-corrected chi connectivity index (χ4v) is 1.64. The predicted octanol–water partition coefficient (Wildman–Crippen LogP) is 0.362. The van der Waals surface area contributed by atoms with E-state index in [1.54, 1.807) is 0 Å². The normalized spacial score (nSPS) is 31.4. The third-order valence-electron chi connectivity index (χ3n) is 2.30. The van der Waals surface area contributed by atoms with Gasteiger partial charge in [0.05, 0.1) is 6.10 Å². The van der Waals surface area contributed by atoms with Gasteiger partial charge >= 0.3 is 6.09 Å². The highest BCUT2D eigenvalue weighted by Gasteiger charge is 2.32. The Kier molecular flexibility index (Phi) is 3.57. The van der Waals surface area contributed by atoms with Crippen LogP contribution in [0.1, 0.15) is 33.6 Å². The van der Waals surface area contributed by atoms with E-state index in [0.29, 0.717) is 12.8 Å². The number of nitrogens with two attached hydrogens (primary N) is 1. The van der Waals surface area contributed by atoms with Crippen LogP contribution in [0.3, 0.4) is 0 Å². The summed E-state index contributed by atoms with van der Waals surface area (Å²) in [7, 11) is 0. The number of aliphatic hydroxyl groups is 1. The lowest BCUT2D eigenvalue weighted by Crippen LogP contribution is -2.38. The molecule has 0 aliphatic heterocycles. The molecule has 0 aromatic heterocycles. The number of ether oxygens (including phenoxy) is 1. The van der Waals surface area contributed by atoms with E-state index in [-0.39, 0.29) is 12.1 Å². The Balaban J connectivity index is 2.34. The monoisotopic (exact) mass is 216 g/mol. The zero-order valence-corrected chi connectivity index (χ0v) is 9.49. The van der Waals surface area contributed by atoms with Crippen molar-refractivity contribution in [2.45, 2.75) is 57.4 Å². The van der Waals surface area contributed by atoms with Crippen molar-refractivity contribution in [3.63, 3.8) is 0 Å². The van der Waals surface area contributed by atoms with Crippen molar-refractivity contribution in [2.24, 2.45) is 5.73 Å². The van der Waals surface area contributed by atoms with Gasteiger partial charge in [-0.2, -0.15) is 0 Å². The molecule has 3 atom stereocenters. The minimum atomic E-state index is -0.523. The molecule has 0 radical (unpaired) electrons. The number of carbonyl (C=O) groups excluding carboxylic acids is 1. The first-order chi connectivity index (χ1) is 6.78. The first-order valence-electron chi connectivity index (χ1n) is 5.21. The molecular formula is C10H20N2O3. The van der Waals surface area contributed by atoms with E-state index >= 15 is 0 Å². The smallest absolute Gasteiger partial charge is 0.407 e. The van der Waals surface area contributed by atoms with Crippen LogP contribution >= 0.6 is 0 Å². The summed E-state index contributed by atoms with van der Waals surface area (Å²) in [5.74, 6) is 0. The van der Waals surface area contributed by atoms with Gasteiger partial charge in [0, 0.05) is 12.1 Å². The molecule has 1 aliphatic carbocycles. The van der Waals surface area contributed by atoms with Crippen molar-refractivity contribution >= 4 is 6.09 Å². The second kappa shape index (κ2) is 4.37. The molecule has 5 nitrogen and oxygen atoms in total. The average molecular weight is 216 g/mol. The minimum Gasteiger partial charge on any atom is -0.444 e. The molecule has 1 aliphatic rings. The molecule has 0 aromatic carbocycles. The Hall–Kier alpha value is -0.810. The number of carbonyl (C=O) groups is 1.